The highest BCUT2D eigenvalue weighted by Gasteiger charge is 2.46. The molecule has 1 saturated carbocycles. The average Bonchev–Trinajstić information content (AvgIpc) is 3.01. The fourth-order valence-corrected chi connectivity index (χ4v) is 4.48. The third-order valence-corrected chi connectivity index (χ3v) is 5.74. The van der Waals surface area contributed by atoms with Gasteiger partial charge >= 0.3 is 0 Å². The number of rotatable bonds is 5. The van der Waals surface area contributed by atoms with Crippen molar-refractivity contribution >= 4 is 17.5 Å². The fraction of sp³-hybridized carbons (Fsp3) is 0.600. The molecule has 142 valence electrons. The van der Waals surface area contributed by atoms with Crippen LogP contribution in [0.1, 0.15) is 44.9 Å². The van der Waals surface area contributed by atoms with Crippen molar-refractivity contribution in [3.05, 3.63) is 30.1 Å². The Morgan fingerprint density at radius 3 is 2.88 bits per heavy atom. The summed E-state index contributed by atoms with van der Waals surface area (Å²) in [6.45, 7) is 1.48. The number of carbonyl (C=O) groups is 2. The van der Waals surface area contributed by atoms with E-state index in [9.17, 15) is 14.0 Å². The number of halogens is 1. The first-order valence-electron chi connectivity index (χ1n) is 9.38. The van der Waals surface area contributed by atoms with Gasteiger partial charge in [0.1, 0.15) is 5.82 Å². The van der Waals surface area contributed by atoms with Gasteiger partial charge < -0.3 is 15.0 Å². The lowest BCUT2D eigenvalue weighted by Crippen LogP contribution is -2.49. The van der Waals surface area contributed by atoms with Crippen molar-refractivity contribution in [1.29, 1.82) is 0 Å². The minimum atomic E-state index is -0.401. The van der Waals surface area contributed by atoms with E-state index in [0.717, 1.165) is 45.2 Å². The zero-order valence-corrected chi connectivity index (χ0v) is 15.3. The van der Waals surface area contributed by atoms with E-state index < -0.39 is 5.82 Å². The molecule has 2 amide bonds. The summed E-state index contributed by atoms with van der Waals surface area (Å²) in [6, 6.07) is 5.75. The molecule has 3 rings (SSSR count). The van der Waals surface area contributed by atoms with Crippen molar-refractivity contribution < 1.29 is 18.7 Å². The van der Waals surface area contributed by atoms with E-state index in [1.807, 2.05) is 4.90 Å². The Morgan fingerprint density at radius 1 is 1.31 bits per heavy atom. The van der Waals surface area contributed by atoms with Crippen LogP contribution in [0, 0.1) is 11.2 Å². The molecule has 1 saturated heterocycles. The van der Waals surface area contributed by atoms with Gasteiger partial charge in [-0.15, -0.1) is 0 Å². The third-order valence-electron chi connectivity index (χ3n) is 5.74. The van der Waals surface area contributed by atoms with Gasteiger partial charge in [-0.05, 0) is 43.9 Å². The Labute approximate surface area is 153 Å². The Kier molecular flexibility index (Phi) is 5.91. The molecule has 1 aliphatic carbocycles. The number of methoxy groups -OCH3 is 1. The molecule has 1 aromatic carbocycles. The van der Waals surface area contributed by atoms with Gasteiger partial charge in [-0.25, -0.2) is 4.39 Å². The van der Waals surface area contributed by atoms with Crippen molar-refractivity contribution in [2.45, 2.75) is 51.0 Å². The lowest BCUT2D eigenvalue weighted by molar-refractivity contribution is -0.138. The van der Waals surface area contributed by atoms with E-state index in [0.29, 0.717) is 5.69 Å². The lowest BCUT2D eigenvalue weighted by atomic mass is 9.76. The maximum Gasteiger partial charge on any atom is 0.224 e. The maximum absolute atomic E-state index is 13.2. The van der Waals surface area contributed by atoms with Crippen LogP contribution in [0.4, 0.5) is 10.1 Å². The van der Waals surface area contributed by atoms with E-state index in [4.69, 9.17) is 4.74 Å². The lowest BCUT2D eigenvalue weighted by Gasteiger charge is -2.43. The Hall–Kier alpha value is -1.95. The SMILES string of the molecule is CO[C@@H]1CCC[C@@]12CCCN(C(=O)CCC(=O)Nc1cccc(F)c1)C2. The van der Waals surface area contributed by atoms with Crippen LogP contribution < -0.4 is 5.32 Å². The summed E-state index contributed by atoms with van der Waals surface area (Å²) in [6.07, 6.45) is 5.92. The molecular weight excluding hydrogens is 335 g/mol. The van der Waals surface area contributed by atoms with Gasteiger partial charge in [0.2, 0.25) is 11.8 Å². The minimum absolute atomic E-state index is 0.0141. The van der Waals surface area contributed by atoms with Crippen LogP contribution in [0.2, 0.25) is 0 Å². The highest BCUT2D eigenvalue weighted by atomic mass is 19.1. The number of hydrogen-bond acceptors (Lipinski definition) is 3. The molecular formula is C20H27FN2O3. The molecule has 1 aliphatic heterocycles. The van der Waals surface area contributed by atoms with Gasteiger partial charge in [-0.1, -0.05) is 12.5 Å². The number of carbonyl (C=O) groups excluding carboxylic acids is 2. The van der Waals surface area contributed by atoms with Crippen LogP contribution in [0.5, 0.6) is 0 Å². The highest BCUT2D eigenvalue weighted by Crippen LogP contribution is 2.46. The molecule has 2 atom stereocenters. The largest absolute Gasteiger partial charge is 0.381 e. The number of benzene rings is 1. The third kappa shape index (κ3) is 4.23. The monoisotopic (exact) mass is 362 g/mol. The summed E-state index contributed by atoms with van der Waals surface area (Å²) in [5.74, 6) is -0.659. The van der Waals surface area contributed by atoms with E-state index in [2.05, 4.69) is 5.32 Å². The van der Waals surface area contributed by atoms with Gasteiger partial charge in [0.15, 0.2) is 0 Å². The van der Waals surface area contributed by atoms with E-state index in [1.54, 1.807) is 13.2 Å². The summed E-state index contributed by atoms with van der Waals surface area (Å²) in [4.78, 5) is 26.5. The molecule has 2 aliphatic rings. The molecule has 0 bridgehead atoms. The van der Waals surface area contributed by atoms with Crippen molar-refractivity contribution in [1.82, 2.24) is 4.90 Å². The number of amides is 2. The molecule has 1 aromatic rings. The van der Waals surface area contributed by atoms with Crippen LogP contribution in [0.15, 0.2) is 24.3 Å². The molecule has 5 nitrogen and oxygen atoms in total. The van der Waals surface area contributed by atoms with E-state index in [1.165, 1.54) is 18.2 Å². The standard InChI is InChI=1S/C20H27FN2O3/c1-26-17-7-3-10-20(17)11-4-12-23(14-20)19(25)9-8-18(24)22-16-6-2-5-15(21)13-16/h2,5-6,13,17H,3-4,7-12,14H2,1H3,(H,22,24)/t17-,20+/m1/s1. The number of anilines is 1. The Bertz CT molecular complexity index is 666. The van der Waals surface area contributed by atoms with Crippen molar-refractivity contribution in [2.24, 2.45) is 5.41 Å². The molecule has 1 N–H and O–H groups in total. The van der Waals surface area contributed by atoms with Crippen LogP contribution in [-0.4, -0.2) is 43.0 Å². The van der Waals surface area contributed by atoms with E-state index >= 15 is 0 Å². The molecule has 2 fully saturated rings. The molecule has 1 spiro atoms. The first-order valence-corrected chi connectivity index (χ1v) is 9.38. The smallest absolute Gasteiger partial charge is 0.224 e. The summed E-state index contributed by atoms with van der Waals surface area (Å²) in [7, 11) is 1.76. The minimum Gasteiger partial charge on any atom is -0.381 e. The van der Waals surface area contributed by atoms with Crippen molar-refractivity contribution in [2.75, 3.05) is 25.5 Å². The van der Waals surface area contributed by atoms with Crippen LogP contribution in [-0.2, 0) is 14.3 Å². The zero-order chi connectivity index (χ0) is 18.6. The second-order valence-electron chi connectivity index (χ2n) is 7.46. The molecule has 1 heterocycles. The molecule has 0 aromatic heterocycles. The topological polar surface area (TPSA) is 58.6 Å². The zero-order valence-electron chi connectivity index (χ0n) is 15.3. The second-order valence-corrected chi connectivity index (χ2v) is 7.46. The van der Waals surface area contributed by atoms with Gasteiger partial charge in [0.25, 0.3) is 0 Å². The van der Waals surface area contributed by atoms with Crippen molar-refractivity contribution in [3.8, 4) is 0 Å². The van der Waals surface area contributed by atoms with Gasteiger partial charge in [-0.3, -0.25) is 9.59 Å². The van der Waals surface area contributed by atoms with Gasteiger partial charge in [-0.2, -0.15) is 0 Å². The quantitative estimate of drug-likeness (QED) is 0.874. The number of hydrogen-bond donors (Lipinski definition) is 1. The summed E-state index contributed by atoms with van der Waals surface area (Å²) in [5.41, 5.74) is 0.500. The predicted molar refractivity (Wildman–Crippen MR) is 97.2 cm³/mol. The predicted octanol–water partition coefficient (Wildman–Crippen LogP) is 3.35. The molecule has 0 unspecified atom stereocenters. The summed E-state index contributed by atoms with van der Waals surface area (Å²) >= 11 is 0. The number of piperidine rings is 1. The first kappa shape index (κ1) is 18.8. The Morgan fingerprint density at radius 2 is 2.12 bits per heavy atom. The van der Waals surface area contributed by atoms with Gasteiger partial charge in [0, 0.05) is 44.1 Å². The van der Waals surface area contributed by atoms with Gasteiger partial charge in [0.05, 0.1) is 6.10 Å². The number of nitrogens with zero attached hydrogens (tertiary/aromatic N) is 1. The molecule has 6 heteroatoms. The number of likely N-dealkylation sites (tertiary alicyclic amines) is 1. The number of ether oxygens (including phenoxy) is 1. The number of nitrogens with one attached hydrogen (secondary N) is 1. The summed E-state index contributed by atoms with van der Waals surface area (Å²) in [5, 5.41) is 2.64. The van der Waals surface area contributed by atoms with Crippen LogP contribution in [0.3, 0.4) is 0 Å². The van der Waals surface area contributed by atoms with Crippen LogP contribution >= 0.6 is 0 Å². The highest BCUT2D eigenvalue weighted by molar-refractivity contribution is 5.93. The van der Waals surface area contributed by atoms with Crippen LogP contribution in [0.25, 0.3) is 0 Å². The normalized spacial score (nSPS) is 25.5. The maximum atomic E-state index is 13.2. The average molecular weight is 362 g/mol. The summed E-state index contributed by atoms with van der Waals surface area (Å²) < 4.78 is 18.8. The second kappa shape index (κ2) is 8.16. The molecule has 26 heavy (non-hydrogen) atoms. The van der Waals surface area contributed by atoms with Crippen molar-refractivity contribution in [3.63, 3.8) is 0 Å². The Balaban J connectivity index is 1.50. The van der Waals surface area contributed by atoms with E-state index in [-0.39, 0.29) is 36.2 Å². The molecule has 0 radical (unpaired) electrons. The fourth-order valence-electron chi connectivity index (χ4n) is 4.48. The first-order chi connectivity index (χ1) is 12.5.